The summed E-state index contributed by atoms with van der Waals surface area (Å²) in [6.07, 6.45) is 0. The summed E-state index contributed by atoms with van der Waals surface area (Å²) >= 11 is 7.80. The van der Waals surface area contributed by atoms with Gasteiger partial charge in [-0.3, -0.25) is 4.57 Å². The van der Waals surface area contributed by atoms with Crippen LogP contribution in [0.25, 0.3) is 17.1 Å². The third kappa shape index (κ3) is 3.84. The molecule has 0 spiro atoms. The second kappa shape index (κ2) is 8.21. The molecule has 1 heterocycles. The zero-order valence-corrected chi connectivity index (χ0v) is 17.3. The largest absolute Gasteiger partial charge is 0.270 e. The van der Waals surface area contributed by atoms with Crippen LogP contribution in [-0.2, 0) is 5.75 Å². The first-order valence-corrected chi connectivity index (χ1v) is 10.4. The molecule has 3 aromatic carbocycles. The van der Waals surface area contributed by atoms with Gasteiger partial charge in [-0.15, -0.1) is 10.2 Å². The lowest BCUT2D eigenvalue weighted by Crippen LogP contribution is -2.02. The molecule has 0 fully saturated rings. The van der Waals surface area contributed by atoms with Crippen LogP contribution in [0.15, 0.2) is 78.0 Å². The van der Waals surface area contributed by atoms with Gasteiger partial charge in [0, 0.05) is 16.3 Å². The van der Waals surface area contributed by atoms with Crippen LogP contribution in [0.2, 0.25) is 5.02 Å². The molecule has 140 valence electrons. The molecule has 4 aromatic rings. The molecule has 0 aliphatic carbocycles. The third-order valence-corrected chi connectivity index (χ3v) is 5.87. The van der Waals surface area contributed by atoms with Crippen molar-refractivity contribution in [3.63, 3.8) is 0 Å². The lowest BCUT2D eigenvalue weighted by Gasteiger charge is -2.14. The fourth-order valence-electron chi connectivity index (χ4n) is 3.17. The first-order valence-electron chi connectivity index (χ1n) is 9.08. The van der Waals surface area contributed by atoms with Gasteiger partial charge in [-0.1, -0.05) is 78.0 Å². The van der Waals surface area contributed by atoms with Crippen molar-refractivity contribution in [3.8, 4) is 17.1 Å². The second-order valence-corrected chi connectivity index (χ2v) is 8.04. The van der Waals surface area contributed by atoms with Gasteiger partial charge in [-0.2, -0.15) is 0 Å². The van der Waals surface area contributed by atoms with E-state index in [9.17, 15) is 0 Å². The van der Waals surface area contributed by atoms with Crippen molar-refractivity contribution in [2.24, 2.45) is 0 Å². The number of para-hydroxylation sites is 1. The normalized spacial score (nSPS) is 11.0. The molecule has 0 N–H and O–H groups in total. The summed E-state index contributed by atoms with van der Waals surface area (Å²) in [4.78, 5) is 0. The Morgan fingerprint density at radius 2 is 1.61 bits per heavy atom. The molecule has 0 radical (unpaired) electrons. The van der Waals surface area contributed by atoms with E-state index in [1.165, 1.54) is 11.1 Å². The number of halogens is 1. The van der Waals surface area contributed by atoms with Crippen LogP contribution in [0, 0.1) is 13.8 Å². The average Bonchev–Trinajstić information content (AvgIpc) is 3.11. The summed E-state index contributed by atoms with van der Waals surface area (Å²) in [6, 6.07) is 24.5. The standard InChI is InChI=1S/C23H20ClN3S/c1-16-8-3-5-12-20(16)22-25-26-23(27(22)21-13-6-4-9-17(21)2)28-15-18-10-7-11-19(24)14-18/h3-14H,15H2,1-2H3. The molecule has 0 atom stereocenters. The Labute approximate surface area is 174 Å². The topological polar surface area (TPSA) is 30.7 Å². The van der Waals surface area contributed by atoms with Crippen LogP contribution < -0.4 is 0 Å². The minimum absolute atomic E-state index is 0.749. The number of rotatable bonds is 5. The Balaban J connectivity index is 1.79. The summed E-state index contributed by atoms with van der Waals surface area (Å²) in [5.74, 6) is 1.64. The Kier molecular flexibility index (Phi) is 5.51. The molecule has 4 rings (SSSR count). The maximum absolute atomic E-state index is 6.13. The van der Waals surface area contributed by atoms with Gasteiger partial charge in [0.25, 0.3) is 0 Å². The minimum atomic E-state index is 0.749. The number of aromatic nitrogens is 3. The van der Waals surface area contributed by atoms with E-state index in [0.717, 1.165) is 38.6 Å². The van der Waals surface area contributed by atoms with Gasteiger partial charge >= 0.3 is 0 Å². The quantitative estimate of drug-likeness (QED) is 0.355. The molecule has 0 unspecified atom stereocenters. The van der Waals surface area contributed by atoms with Crippen LogP contribution >= 0.6 is 23.4 Å². The molecular formula is C23H20ClN3S. The Morgan fingerprint density at radius 3 is 2.36 bits per heavy atom. The lowest BCUT2D eigenvalue weighted by atomic mass is 10.1. The molecule has 0 aliphatic heterocycles. The highest BCUT2D eigenvalue weighted by Crippen LogP contribution is 2.32. The van der Waals surface area contributed by atoms with Gasteiger partial charge in [0.2, 0.25) is 0 Å². The number of nitrogens with zero attached hydrogens (tertiary/aromatic N) is 3. The van der Waals surface area contributed by atoms with E-state index in [-0.39, 0.29) is 0 Å². The van der Waals surface area contributed by atoms with Crippen molar-refractivity contribution in [3.05, 3.63) is 94.5 Å². The van der Waals surface area contributed by atoms with Gasteiger partial charge in [0.15, 0.2) is 11.0 Å². The van der Waals surface area contributed by atoms with Crippen molar-refractivity contribution in [2.45, 2.75) is 24.8 Å². The first-order chi connectivity index (χ1) is 13.6. The van der Waals surface area contributed by atoms with E-state index in [1.807, 2.05) is 30.3 Å². The second-order valence-electron chi connectivity index (χ2n) is 6.66. The molecule has 3 nitrogen and oxygen atoms in total. The summed E-state index contributed by atoms with van der Waals surface area (Å²) in [5.41, 5.74) is 5.71. The molecule has 0 aliphatic rings. The Bertz CT molecular complexity index is 1120. The van der Waals surface area contributed by atoms with Gasteiger partial charge in [0.1, 0.15) is 0 Å². The van der Waals surface area contributed by atoms with Crippen molar-refractivity contribution in [1.82, 2.24) is 14.8 Å². The smallest absolute Gasteiger partial charge is 0.196 e. The van der Waals surface area contributed by atoms with Crippen molar-refractivity contribution in [1.29, 1.82) is 0 Å². The highest BCUT2D eigenvalue weighted by molar-refractivity contribution is 7.98. The summed E-state index contributed by atoms with van der Waals surface area (Å²) in [5, 5.41) is 10.7. The highest BCUT2D eigenvalue weighted by atomic mass is 35.5. The SMILES string of the molecule is Cc1ccccc1-c1nnc(SCc2cccc(Cl)c2)n1-c1ccccc1C. The third-order valence-electron chi connectivity index (χ3n) is 4.63. The molecular weight excluding hydrogens is 386 g/mol. The Hall–Kier alpha value is -2.56. The number of thioether (sulfide) groups is 1. The molecule has 5 heteroatoms. The van der Waals surface area contributed by atoms with E-state index in [1.54, 1.807) is 11.8 Å². The van der Waals surface area contributed by atoms with Crippen LogP contribution in [0.4, 0.5) is 0 Å². The monoisotopic (exact) mass is 405 g/mol. The number of hydrogen-bond acceptors (Lipinski definition) is 3. The summed E-state index contributed by atoms with van der Waals surface area (Å²) < 4.78 is 2.16. The molecule has 0 bridgehead atoms. The number of aryl methyl sites for hydroxylation is 2. The summed E-state index contributed by atoms with van der Waals surface area (Å²) in [6.45, 7) is 4.22. The van der Waals surface area contributed by atoms with E-state index in [4.69, 9.17) is 11.6 Å². The van der Waals surface area contributed by atoms with Crippen LogP contribution in [-0.4, -0.2) is 14.8 Å². The van der Waals surface area contributed by atoms with Crippen LogP contribution in [0.3, 0.4) is 0 Å². The van der Waals surface area contributed by atoms with Gasteiger partial charge in [0.05, 0.1) is 5.69 Å². The number of benzene rings is 3. The maximum atomic E-state index is 6.13. The molecule has 28 heavy (non-hydrogen) atoms. The van der Waals surface area contributed by atoms with Gasteiger partial charge in [-0.25, -0.2) is 0 Å². The van der Waals surface area contributed by atoms with Crippen molar-refractivity contribution >= 4 is 23.4 Å². The maximum Gasteiger partial charge on any atom is 0.196 e. The predicted octanol–water partition coefficient (Wildman–Crippen LogP) is 6.50. The van der Waals surface area contributed by atoms with Gasteiger partial charge in [-0.05, 0) is 48.7 Å². The van der Waals surface area contributed by atoms with Crippen LogP contribution in [0.1, 0.15) is 16.7 Å². The van der Waals surface area contributed by atoms with Crippen LogP contribution in [0.5, 0.6) is 0 Å². The zero-order valence-electron chi connectivity index (χ0n) is 15.8. The minimum Gasteiger partial charge on any atom is -0.270 e. The highest BCUT2D eigenvalue weighted by Gasteiger charge is 2.18. The fourth-order valence-corrected chi connectivity index (χ4v) is 4.27. The molecule has 1 aromatic heterocycles. The van der Waals surface area contributed by atoms with E-state index in [0.29, 0.717) is 0 Å². The first kappa shape index (κ1) is 18.8. The predicted molar refractivity (Wildman–Crippen MR) is 117 cm³/mol. The number of hydrogen-bond donors (Lipinski definition) is 0. The van der Waals surface area contributed by atoms with Crippen molar-refractivity contribution < 1.29 is 0 Å². The molecule has 0 amide bonds. The van der Waals surface area contributed by atoms with E-state index in [2.05, 4.69) is 71.1 Å². The van der Waals surface area contributed by atoms with Crippen molar-refractivity contribution in [2.75, 3.05) is 0 Å². The Morgan fingerprint density at radius 1 is 0.857 bits per heavy atom. The van der Waals surface area contributed by atoms with E-state index < -0.39 is 0 Å². The average molecular weight is 406 g/mol. The summed E-state index contributed by atoms with van der Waals surface area (Å²) in [7, 11) is 0. The van der Waals surface area contributed by atoms with E-state index >= 15 is 0 Å². The fraction of sp³-hybridized carbons (Fsp3) is 0.130. The van der Waals surface area contributed by atoms with Gasteiger partial charge < -0.3 is 0 Å². The molecule has 0 saturated carbocycles. The molecule has 0 saturated heterocycles. The lowest BCUT2D eigenvalue weighted by molar-refractivity contribution is 0.880. The zero-order chi connectivity index (χ0) is 19.5.